The minimum absolute atomic E-state index is 0.741. The highest BCUT2D eigenvalue weighted by Crippen LogP contribution is 2.63. The third-order valence-electron chi connectivity index (χ3n) is 14.6. The Bertz CT molecular complexity index is 3880. The fraction of sp³-hybridized carbons (Fsp3) is 0.0149. The number of hydrogen-bond acceptors (Lipinski definition) is 2. The summed E-state index contributed by atoms with van der Waals surface area (Å²) < 4.78 is 9.47. The van der Waals surface area contributed by atoms with E-state index in [2.05, 4.69) is 276 Å². The summed E-state index contributed by atoms with van der Waals surface area (Å²) >= 11 is 0. The van der Waals surface area contributed by atoms with Crippen LogP contribution in [0.25, 0.3) is 72.0 Å². The van der Waals surface area contributed by atoms with E-state index in [1.54, 1.807) is 0 Å². The second kappa shape index (κ2) is 16.0. The van der Waals surface area contributed by atoms with Crippen molar-refractivity contribution in [2.24, 2.45) is 0 Å². The minimum atomic E-state index is -0.741. The third kappa shape index (κ3) is 6.08. The molecular formula is C67H44N2O. The Morgan fingerprint density at radius 3 is 1.51 bits per heavy atom. The summed E-state index contributed by atoms with van der Waals surface area (Å²) in [6, 6.07) is 97.3. The molecule has 1 aliphatic heterocycles. The van der Waals surface area contributed by atoms with E-state index in [4.69, 9.17) is 4.74 Å². The van der Waals surface area contributed by atoms with Gasteiger partial charge < -0.3 is 14.2 Å². The van der Waals surface area contributed by atoms with E-state index in [1.807, 2.05) is 0 Å². The van der Waals surface area contributed by atoms with Crippen LogP contribution in [0.4, 0.5) is 17.1 Å². The highest BCUT2D eigenvalue weighted by Gasteiger charge is 2.51. The molecule has 2 aliphatic rings. The molecule has 14 rings (SSSR count). The summed E-state index contributed by atoms with van der Waals surface area (Å²) in [7, 11) is 0. The first-order chi connectivity index (χ1) is 34.7. The Balaban J connectivity index is 1.07. The van der Waals surface area contributed by atoms with E-state index < -0.39 is 5.41 Å². The average Bonchev–Trinajstić information content (AvgIpc) is 3.92. The molecule has 0 N–H and O–H groups in total. The van der Waals surface area contributed by atoms with Crippen molar-refractivity contribution in [3.8, 4) is 61.7 Å². The van der Waals surface area contributed by atoms with E-state index in [9.17, 15) is 0 Å². The number of ether oxygens (including phenoxy) is 1. The lowest BCUT2D eigenvalue weighted by molar-refractivity contribution is 0.436. The molecule has 0 saturated carbocycles. The summed E-state index contributed by atoms with van der Waals surface area (Å²) in [5, 5.41) is 2.43. The van der Waals surface area contributed by atoms with Gasteiger partial charge in [0.15, 0.2) is 0 Å². The first kappa shape index (κ1) is 39.9. The van der Waals surface area contributed by atoms with E-state index in [1.165, 1.54) is 38.5 Å². The van der Waals surface area contributed by atoms with Crippen molar-refractivity contribution < 1.29 is 4.74 Å². The van der Waals surface area contributed by atoms with Gasteiger partial charge in [-0.15, -0.1) is 0 Å². The molecule has 3 nitrogen and oxygen atoms in total. The lowest BCUT2D eigenvalue weighted by Crippen LogP contribution is -2.32. The Kier molecular flexibility index (Phi) is 9.11. The molecule has 12 aromatic rings. The van der Waals surface area contributed by atoms with E-state index in [0.29, 0.717) is 0 Å². The molecule has 0 amide bonds. The molecule has 0 saturated heterocycles. The van der Waals surface area contributed by atoms with Gasteiger partial charge in [0.1, 0.15) is 11.5 Å². The lowest BCUT2D eigenvalue weighted by atomic mass is 9.65. The fourth-order valence-electron chi connectivity index (χ4n) is 11.6. The van der Waals surface area contributed by atoms with Crippen molar-refractivity contribution in [1.29, 1.82) is 0 Å². The Morgan fingerprint density at radius 1 is 0.314 bits per heavy atom. The predicted octanol–water partition coefficient (Wildman–Crippen LogP) is 17.7. The van der Waals surface area contributed by atoms with Gasteiger partial charge in [-0.3, -0.25) is 0 Å². The second-order valence-electron chi connectivity index (χ2n) is 18.4. The zero-order valence-corrected chi connectivity index (χ0v) is 38.2. The standard InChI is InChI=1S/C67H44N2O/c1-5-19-45(20-6-1)48-33-39-65-60(41-48)67(61-42-49(34-40-66(61)70-65)46-21-7-2-8-22-46)58-30-16-13-28-54(58)55-37-35-51(43-59(55)67)68(62-31-17-14-27-53(62)47-23-9-3-10-24-47)52-36-38-57-56-29-15-18-32-63(56)69(64(57)44-52)50-25-11-4-12-26-50/h1-44H. The predicted molar refractivity (Wildman–Crippen MR) is 289 cm³/mol. The van der Waals surface area contributed by atoms with Crippen LogP contribution in [0.2, 0.25) is 0 Å². The van der Waals surface area contributed by atoms with Crippen LogP contribution in [0.1, 0.15) is 22.3 Å². The maximum atomic E-state index is 7.06. The maximum Gasteiger partial charge on any atom is 0.132 e. The number of nitrogens with zero attached hydrogens (tertiary/aromatic N) is 2. The van der Waals surface area contributed by atoms with Crippen molar-refractivity contribution in [1.82, 2.24) is 4.57 Å². The molecular weight excluding hydrogens is 849 g/mol. The lowest BCUT2D eigenvalue weighted by Gasteiger charge is -2.40. The highest BCUT2D eigenvalue weighted by atomic mass is 16.5. The first-order valence-electron chi connectivity index (χ1n) is 24.1. The van der Waals surface area contributed by atoms with Crippen molar-refractivity contribution in [3.05, 3.63) is 289 Å². The Hall–Kier alpha value is -9.18. The molecule has 0 bridgehead atoms. The number of benzene rings is 11. The smallest absolute Gasteiger partial charge is 0.132 e. The molecule has 70 heavy (non-hydrogen) atoms. The number of anilines is 3. The number of rotatable bonds is 7. The zero-order chi connectivity index (χ0) is 46.2. The number of hydrogen-bond donors (Lipinski definition) is 0. The van der Waals surface area contributed by atoms with Gasteiger partial charge in [-0.2, -0.15) is 0 Å². The summed E-state index contributed by atoms with van der Waals surface area (Å²) in [4.78, 5) is 2.48. The van der Waals surface area contributed by atoms with Crippen molar-refractivity contribution in [3.63, 3.8) is 0 Å². The molecule has 0 atom stereocenters. The second-order valence-corrected chi connectivity index (χ2v) is 18.4. The van der Waals surface area contributed by atoms with Gasteiger partial charge in [0.25, 0.3) is 0 Å². The fourth-order valence-corrected chi connectivity index (χ4v) is 11.6. The molecule has 1 spiro atoms. The van der Waals surface area contributed by atoms with Crippen LogP contribution >= 0.6 is 0 Å². The third-order valence-corrected chi connectivity index (χ3v) is 14.6. The number of fused-ring (bicyclic) bond motifs is 12. The molecule has 1 aromatic heterocycles. The molecule has 3 heteroatoms. The van der Waals surface area contributed by atoms with Gasteiger partial charge in [-0.25, -0.2) is 0 Å². The molecule has 328 valence electrons. The van der Waals surface area contributed by atoms with Crippen molar-refractivity contribution >= 4 is 38.9 Å². The van der Waals surface area contributed by atoms with Crippen LogP contribution in [-0.2, 0) is 5.41 Å². The van der Waals surface area contributed by atoms with Gasteiger partial charge in [0, 0.05) is 44.5 Å². The van der Waals surface area contributed by atoms with Gasteiger partial charge in [-0.1, -0.05) is 194 Å². The molecule has 0 unspecified atom stereocenters. The zero-order valence-electron chi connectivity index (χ0n) is 38.2. The summed E-state index contributed by atoms with van der Waals surface area (Å²) in [5.74, 6) is 1.72. The van der Waals surface area contributed by atoms with Crippen LogP contribution in [-0.4, -0.2) is 4.57 Å². The number of aromatic nitrogens is 1. The SMILES string of the molecule is c1ccc(-c2ccc3c(c2)C2(c4cc(-c5ccccc5)ccc4O3)c3ccccc3-c3ccc(N(c4ccc5c6ccccc6n(-c6ccccc6)c5c4)c4ccccc4-c4ccccc4)cc32)cc1. The number of para-hydroxylation sites is 3. The summed E-state index contributed by atoms with van der Waals surface area (Å²) in [6.45, 7) is 0. The quantitative estimate of drug-likeness (QED) is 0.159. The molecule has 2 heterocycles. The van der Waals surface area contributed by atoms with Crippen LogP contribution < -0.4 is 9.64 Å². The molecule has 0 fully saturated rings. The molecule has 11 aromatic carbocycles. The topological polar surface area (TPSA) is 17.4 Å². The largest absolute Gasteiger partial charge is 0.457 e. The summed E-state index contributed by atoms with van der Waals surface area (Å²) in [6.07, 6.45) is 0. The van der Waals surface area contributed by atoms with Crippen molar-refractivity contribution in [2.75, 3.05) is 4.90 Å². The van der Waals surface area contributed by atoms with Crippen LogP contribution in [0, 0.1) is 0 Å². The van der Waals surface area contributed by atoms with E-state index in [0.717, 1.165) is 84.3 Å². The van der Waals surface area contributed by atoms with Gasteiger partial charge in [-0.05, 0) is 123 Å². The van der Waals surface area contributed by atoms with E-state index in [-0.39, 0.29) is 0 Å². The Labute approximate surface area is 407 Å². The minimum Gasteiger partial charge on any atom is -0.457 e. The van der Waals surface area contributed by atoms with Gasteiger partial charge >= 0.3 is 0 Å². The highest BCUT2D eigenvalue weighted by molar-refractivity contribution is 6.10. The van der Waals surface area contributed by atoms with Crippen molar-refractivity contribution in [2.45, 2.75) is 5.41 Å². The van der Waals surface area contributed by atoms with Gasteiger partial charge in [0.2, 0.25) is 0 Å². The molecule has 1 aliphatic carbocycles. The monoisotopic (exact) mass is 892 g/mol. The Morgan fingerprint density at radius 2 is 0.829 bits per heavy atom. The van der Waals surface area contributed by atoms with Crippen LogP contribution in [0.5, 0.6) is 11.5 Å². The average molecular weight is 893 g/mol. The maximum absolute atomic E-state index is 7.06. The first-order valence-corrected chi connectivity index (χ1v) is 24.1. The normalized spacial score (nSPS) is 12.8. The van der Waals surface area contributed by atoms with Gasteiger partial charge in [0.05, 0.1) is 22.1 Å². The van der Waals surface area contributed by atoms with Crippen LogP contribution in [0.3, 0.4) is 0 Å². The summed E-state index contributed by atoms with van der Waals surface area (Å²) in [5.41, 5.74) is 20.0. The van der Waals surface area contributed by atoms with Crippen LogP contribution in [0.15, 0.2) is 267 Å². The van der Waals surface area contributed by atoms with E-state index >= 15 is 0 Å². The molecule has 0 radical (unpaired) electrons.